The van der Waals surface area contributed by atoms with E-state index in [0.717, 1.165) is 17.1 Å². The summed E-state index contributed by atoms with van der Waals surface area (Å²) in [5, 5.41) is 11.2. The lowest BCUT2D eigenvalue weighted by molar-refractivity contribution is 0.171. The molecular formula is C15H19N3O3. The maximum absolute atomic E-state index is 5.59. The number of fused-ring (bicyclic) bond motifs is 1. The summed E-state index contributed by atoms with van der Waals surface area (Å²) in [6.07, 6.45) is 0. The molecule has 3 rings (SSSR count). The van der Waals surface area contributed by atoms with Gasteiger partial charge in [0, 0.05) is 12.0 Å². The monoisotopic (exact) mass is 289 g/mol. The van der Waals surface area contributed by atoms with Gasteiger partial charge in [-0.15, -0.1) is 5.10 Å². The molecule has 6 heteroatoms. The van der Waals surface area contributed by atoms with Crippen molar-refractivity contribution in [3.8, 4) is 11.5 Å². The molecule has 0 saturated heterocycles. The van der Waals surface area contributed by atoms with Crippen LogP contribution >= 0.6 is 0 Å². The molecule has 6 nitrogen and oxygen atoms in total. The van der Waals surface area contributed by atoms with Crippen LogP contribution in [0.3, 0.4) is 0 Å². The SMILES string of the molecule is CC(C)(C)c1nnc(NCc2ccc3c(c2)OCCO3)o1. The smallest absolute Gasteiger partial charge is 0.315 e. The van der Waals surface area contributed by atoms with Crippen LogP contribution in [0.25, 0.3) is 0 Å². The summed E-state index contributed by atoms with van der Waals surface area (Å²) >= 11 is 0. The Morgan fingerprint density at radius 2 is 1.86 bits per heavy atom. The zero-order valence-corrected chi connectivity index (χ0v) is 12.5. The molecule has 1 aromatic heterocycles. The fourth-order valence-corrected chi connectivity index (χ4v) is 1.97. The van der Waals surface area contributed by atoms with Gasteiger partial charge in [-0.2, -0.15) is 0 Å². The summed E-state index contributed by atoms with van der Waals surface area (Å²) in [5.41, 5.74) is 0.916. The van der Waals surface area contributed by atoms with Crippen molar-refractivity contribution in [3.63, 3.8) is 0 Å². The van der Waals surface area contributed by atoms with Crippen molar-refractivity contribution >= 4 is 6.01 Å². The number of ether oxygens (including phenoxy) is 2. The van der Waals surface area contributed by atoms with Crippen molar-refractivity contribution in [1.82, 2.24) is 10.2 Å². The van der Waals surface area contributed by atoms with E-state index in [0.29, 0.717) is 31.7 Å². The first-order valence-corrected chi connectivity index (χ1v) is 6.99. The van der Waals surface area contributed by atoms with E-state index in [2.05, 4.69) is 15.5 Å². The van der Waals surface area contributed by atoms with E-state index in [4.69, 9.17) is 13.9 Å². The van der Waals surface area contributed by atoms with Crippen LogP contribution in [-0.2, 0) is 12.0 Å². The Bertz CT molecular complexity index is 631. The zero-order valence-electron chi connectivity index (χ0n) is 12.5. The number of hydrogen-bond acceptors (Lipinski definition) is 6. The fourth-order valence-electron chi connectivity index (χ4n) is 1.97. The molecule has 1 aromatic carbocycles. The first-order valence-electron chi connectivity index (χ1n) is 6.99. The normalized spacial score (nSPS) is 14.0. The third kappa shape index (κ3) is 3.09. The molecule has 0 bridgehead atoms. The summed E-state index contributed by atoms with van der Waals surface area (Å²) in [4.78, 5) is 0. The number of benzene rings is 1. The molecule has 0 fully saturated rings. The van der Waals surface area contributed by atoms with Gasteiger partial charge in [0.15, 0.2) is 11.5 Å². The van der Waals surface area contributed by atoms with Gasteiger partial charge in [-0.25, -0.2) is 0 Å². The molecule has 0 amide bonds. The number of rotatable bonds is 3. The Morgan fingerprint density at radius 3 is 2.57 bits per heavy atom. The van der Waals surface area contributed by atoms with Crippen LogP contribution in [0.1, 0.15) is 32.2 Å². The number of nitrogens with one attached hydrogen (secondary N) is 1. The summed E-state index contributed by atoms with van der Waals surface area (Å²) in [5.74, 6) is 2.19. The maximum atomic E-state index is 5.59. The Hall–Kier alpha value is -2.24. The molecule has 0 aliphatic carbocycles. The molecule has 21 heavy (non-hydrogen) atoms. The van der Waals surface area contributed by atoms with Gasteiger partial charge in [-0.3, -0.25) is 0 Å². The van der Waals surface area contributed by atoms with Gasteiger partial charge in [0.05, 0.1) is 0 Å². The van der Waals surface area contributed by atoms with Crippen molar-refractivity contribution < 1.29 is 13.9 Å². The third-order valence-electron chi connectivity index (χ3n) is 3.12. The first kappa shape index (κ1) is 13.7. The molecular weight excluding hydrogens is 270 g/mol. The van der Waals surface area contributed by atoms with E-state index in [9.17, 15) is 0 Å². The van der Waals surface area contributed by atoms with Crippen LogP contribution < -0.4 is 14.8 Å². The van der Waals surface area contributed by atoms with Gasteiger partial charge in [0.1, 0.15) is 13.2 Å². The number of nitrogens with zero attached hydrogens (tertiary/aromatic N) is 2. The van der Waals surface area contributed by atoms with Crippen molar-refractivity contribution in [3.05, 3.63) is 29.7 Å². The average Bonchev–Trinajstić information content (AvgIpc) is 2.94. The van der Waals surface area contributed by atoms with Crippen molar-refractivity contribution in [2.75, 3.05) is 18.5 Å². The summed E-state index contributed by atoms with van der Waals surface area (Å²) in [7, 11) is 0. The van der Waals surface area contributed by atoms with Gasteiger partial charge >= 0.3 is 6.01 Å². The number of aromatic nitrogens is 2. The van der Waals surface area contributed by atoms with Crippen LogP contribution in [-0.4, -0.2) is 23.4 Å². The highest BCUT2D eigenvalue weighted by Gasteiger charge is 2.21. The second-order valence-electron chi connectivity index (χ2n) is 5.99. The maximum Gasteiger partial charge on any atom is 0.315 e. The van der Waals surface area contributed by atoms with Gasteiger partial charge in [-0.1, -0.05) is 31.9 Å². The van der Waals surface area contributed by atoms with Crippen LogP contribution in [0, 0.1) is 0 Å². The summed E-state index contributed by atoms with van der Waals surface area (Å²) < 4.78 is 16.6. The lowest BCUT2D eigenvalue weighted by atomic mass is 9.97. The molecule has 1 aliphatic rings. The van der Waals surface area contributed by atoms with E-state index < -0.39 is 0 Å². The van der Waals surface area contributed by atoms with Crippen molar-refractivity contribution in [2.45, 2.75) is 32.7 Å². The quantitative estimate of drug-likeness (QED) is 0.937. The van der Waals surface area contributed by atoms with Crippen LogP contribution in [0.2, 0.25) is 0 Å². The molecule has 0 radical (unpaired) electrons. The van der Waals surface area contributed by atoms with E-state index in [1.807, 2.05) is 39.0 Å². The minimum atomic E-state index is -0.149. The zero-order chi connectivity index (χ0) is 14.9. The highest BCUT2D eigenvalue weighted by atomic mass is 16.6. The van der Waals surface area contributed by atoms with Crippen molar-refractivity contribution in [2.24, 2.45) is 0 Å². The fraction of sp³-hybridized carbons (Fsp3) is 0.467. The molecule has 1 aliphatic heterocycles. The molecule has 112 valence electrons. The van der Waals surface area contributed by atoms with Crippen LogP contribution in [0.4, 0.5) is 6.01 Å². The van der Waals surface area contributed by atoms with E-state index in [1.54, 1.807) is 0 Å². The highest BCUT2D eigenvalue weighted by molar-refractivity contribution is 5.44. The van der Waals surface area contributed by atoms with Crippen molar-refractivity contribution in [1.29, 1.82) is 0 Å². The lowest BCUT2D eigenvalue weighted by Gasteiger charge is -2.18. The Kier molecular flexibility index (Phi) is 3.45. The molecule has 0 saturated carbocycles. The Morgan fingerprint density at radius 1 is 1.10 bits per heavy atom. The molecule has 1 N–H and O–H groups in total. The summed E-state index contributed by atoms with van der Waals surface area (Å²) in [6.45, 7) is 7.87. The average molecular weight is 289 g/mol. The van der Waals surface area contributed by atoms with Crippen LogP contribution in [0.15, 0.2) is 22.6 Å². The van der Waals surface area contributed by atoms with Gasteiger partial charge < -0.3 is 19.2 Å². The second kappa shape index (κ2) is 5.27. The van der Waals surface area contributed by atoms with Gasteiger partial charge in [-0.05, 0) is 17.7 Å². The minimum absolute atomic E-state index is 0.149. The molecule has 0 unspecified atom stereocenters. The molecule has 0 atom stereocenters. The van der Waals surface area contributed by atoms with E-state index in [1.165, 1.54) is 0 Å². The standard InChI is InChI=1S/C15H19N3O3/c1-15(2,3)13-17-18-14(21-13)16-9-10-4-5-11-12(8-10)20-7-6-19-11/h4-5,8H,6-7,9H2,1-3H3,(H,16,18). The minimum Gasteiger partial charge on any atom is -0.486 e. The highest BCUT2D eigenvalue weighted by Crippen LogP contribution is 2.31. The molecule has 0 spiro atoms. The predicted molar refractivity (Wildman–Crippen MR) is 77.8 cm³/mol. The second-order valence-corrected chi connectivity index (χ2v) is 5.99. The summed E-state index contributed by atoms with van der Waals surface area (Å²) in [6, 6.07) is 6.29. The topological polar surface area (TPSA) is 69.4 Å². The largest absolute Gasteiger partial charge is 0.486 e. The Labute approximate surface area is 123 Å². The van der Waals surface area contributed by atoms with Gasteiger partial charge in [0.25, 0.3) is 0 Å². The predicted octanol–water partition coefficient (Wildman–Crippen LogP) is 2.75. The number of hydrogen-bond donors (Lipinski definition) is 1. The molecule has 2 heterocycles. The Balaban J connectivity index is 1.66. The third-order valence-corrected chi connectivity index (χ3v) is 3.12. The van der Waals surface area contributed by atoms with Crippen LogP contribution in [0.5, 0.6) is 11.5 Å². The first-order chi connectivity index (χ1) is 10.0. The van der Waals surface area contributed by atoms with E-state index >= 15 is 0 Å². The molecule has 2 aromatic rings. The number of anilines is 1. The van der Waals surface area contributed by atoms with E-state index in [-0.39, 0.29) is 5.41 Å². The van der Waals surface area contributed by atoms with Gasteiger partial charge in [0.2, 0.25) is 5.89 Å². The lowest BCUT2D eigenvalue weighted by Crippen LogP contribution is -2.15.